The minimum Gasteiger partial charge on any atom is -0.508 e. The summed E-state index contributed by atoms with van der Waals surface area (Å²) in [5, 5.41) is 18.0. The second-order valence-electron chi connectivity index (χ2n) is 12.5. The third-order valence-electron chi connectivity index (χ3n) is 7.10. The van der Waals surface area contributed by atoms with Crippen LogP contribution in [0, 0.1) is 11.8 Å². The second kappa shape index (κ2) is 19.6. The number of ether oxygens (including phenoxy) is 1. The number of aromatic nitrogens is 4. The Labute approximate surface area is 311 Å². The predicted molar refractivity (Wildman–Crippen MR) is 217 cm³/mol. The minimum atomic E-state index is -0.0721. The van der Waals surface area contributed by atoms with E-state index in [2.05, 4.69) is 77.4 Å². The average Bonchev–Trinajstić information content (AvgIpc) is 3.73. The van der Waals surface area contributed by atoms with E-state index in [1.807, 2.05) is 29.0 Å². The first-order valence-corrected chi connectivity index (χ1v) is 19.5. The Morgan fingerprint density at radius 1 is 0.760 bits per heavy atom. The van der Waals surface area contributed by atoms with Gasteiger partial charge in [0.25, 0.3) is 0 Å². The minimum absolute atomic E-state index is 0. The molecule has 11 heteroatoms. The number of hydrogen-bond acceptors (Lipinski definition) is 8. The number of nitrogens with zero attached hydrogens (tertiary/aromatic N) is 2. The van der Waals surface area contributed by atoms with Gasteiger partial charge in [-0.15, -0.1) is 22.7 Å². The van der Waals surface area contributed by atoms with E-state index in [1.54, 1.807) is 46.9 Å². The third-order valence-corrected chi connectivity index (χ3v) is 9.63. The summed E-state index contributed by atoms with van der Waals surface area (Å²) in [6, 6.07) is 13.4. The molecule has 0 unspecified atom stereocenters. The van der Waals surface area contributed by atoms with Crippen LogP contribution in [0.2, 0.25) is 0 Å². The number of alkyl halides is 1. The summed E-state index contributed by atoms with van der Waals surface area (Å²) in [4.78, 5) is 40.3. The Balaban J connectivity index is 0.000000242. The lowest BCUT2D eigenvalue weighted by molar-refractivity contribution is 0.318. The maximum absolute atomic E-state index is 12.4. The number of H-pyrrole nitrogens is 2. The molecule has 0 bridgehead atoms. The molecule has 4 aromatic heterocycles. The summed E-state index contributed by atoms with van der Waals surface area (Å²) in [5.74, 6) is 2.03. The summed E-state index contributed by atoms with van der Waals surface area (Å²) >= 11 is 6.49. The van der Waals surface area contributed by atoms with E-state index in [0.29, 0.717) is 40.4 Å². The molecule has 0 saturated heterocycles. The van der Waals surface area contributed by atoms with Gasteiger partial charge in [0.1, 0.15) is 11.5 Å². The molecule has 0 saturated carbocycles. The quantitative estimate of drug-likeness (QED) is 0.119. The second-order valence-corrected chi connectivity index (χ2v) is 15.2. The Kier molecular flexibility index (Phi) is 15.9. The molecule has 0 fully saturated rings. The first-order chi connectivity index (χ1) is 23.5. The average molecular weight is 782 g/mol. The predicted octanol–water partition coefficient (Wildman–Crippen LogP) is 10.6. The van der Waals surface area contributed by atoms with Gasteiger partial charge in [-0.05, 0) is 48.9 Å². The largest absolute Gasteiger partial charge is 0.508 e. The molecule has 6 aromatic rings. The number of pyridine rings is 2. The van der Waals surface area contributed by atoms with E-state index in [0.717, 1.165) is 63.0 Å². The van der Waals surface area contributed by atoms with Gasteiger partial charge in [-0.25, -0.2) is 9.97 Å². The highest BCUT2D eigenvalue weighted by molar-refractivity contribution is 9.09. The van der Waals surface area contributed by atoms with E-state index in [4.69, 9.17) is 4.74 Å². The summed E-state index contributed by atoms with van der Waals surface area (Å²) in [6.07, 6.45) is 4.08. The Hall–Kier alpha value is -3.80. The van der Waals surface area contributed by atoms with Crippen LogP contribution in [-0.2, 0) is 12.8 Å². The van der Waals surface area contributed by atoms with Crippen molar-refractivity contribution in [2.75, 3.05) is 11.9 Å². The number of aromatic hydroxyl groups is 1. The number of phenols is 1. The maximum atomic E-state index is 12.4. The van der Waals surface area contributed by atoms with Crippen molar-refractivity contribution in [2.24, 2.45) is 11.8 Å². The monoisotopic (exact) mass is 780 g/mol. The highest BCUT2D eigenvalue weighted by atomic mass is 79.9. The SMILES string of the molecule is C.CC(C)Cc1nc(-c2cc(=O)c3ccc(O)cc3[nH]2)cs1.CCCBr.CCCOc1ccc2c(=O)cc(-c3csc(CC(C)C)n3)[nH]c2c1. The van der Waals surface area contributed by atoms with Gasteiger partial charge in [0, 0.05) is 64.0 Å². The molecule has 6 rings (SSSR count). The van der Waals surface area contributed by atoms with E-state index < -0.39 is 0 Å². The molecule has 0 atom stereocenters. The van der Waals surface area contributed by atoms with Crippen molar-refractivity contribution in [3.8, 4) is 34.3 Å². The summed E-state index contributed by atoms with van der Waals surface area (Å²) in [7, 11) is 0. The van der Waals surface area contributed by atoms with Gasteiger partial charge in [0.05, 0.1) is 50.4 Å². The number of hydrogen-bond donors (Lipinski definition) is 3. The molecule has 3 N–H and O–H groups in total. The third kappa shape index (κ3) is 11.4. The van der Waals surface area contributed by atoms with E-state index in [-0.39, 0.29) is 24.0 Å². The van der Waals surface area contributed by atoms with Crippen molar-refractivity contribution < 1.29 is 9.84 Å². The van der Waals surface area contributed by atoms with Crippen LogP contribution in [0.15, 0.2) is 68.9 Å². The molecule has 2 aromatic carbocycles. The number of fused-ring (bicyclic) bond motifs is 2. The molecule has 50 heavy (non-hydrogen) atoms. The normalized spacial score (nSPS) is 10.8. The van der Waals surface area contributed by atoms with Crippen LogP contribution in [0.5, 0.6) is 11.5 Å². The zero-order valence-corrected chi connectivity index (χ0v) is 32.2. The van der Waals surface area contributed by atoms with Crippen LogP contribution >= 0.6 is 38.6 Å². The van der Waals surface area contributed by atoms with Crippen LogP contribution in [0.1, 0.15) is 71.8 Å². The first-order valence-electron chi connectivity index (χ1n) is 16.6. The van der Waals surface area contributed by atoms with Gasteiger partial charge < -0.3 is 19.8 Å². The molecule has 0 amide bonds. The molecule has 0 radical (unpaired) electrons. The van der Waals surface area contributed by atoms with Crippen molar-refractivity contribution in [2.45, 2.75) is 74.7 Å². The molecular weight excluding hydrogens is 732 g/mol. The fourth-order valence-electron chi connectivity index (χ4n) is 4.81. The molecule has 0 aliphatic rings. The number of aromatic amines is 2. The van der Waals surface area contributed by atoms with Crippen LogP contribution in [0.3, 0.4) is 0 Å². The number of benzene rings is 2. The van der Waals surface area contributed by atoms with E-state index in [1.165, 1.54) is 12.5 Å². The van der Waals surface area contributed by atoms with Gasteiger partial charge in [-0.3, -0.25) is 9.59 Å². The molecular formula is C39H49BrN4O4S2. The smallest absolute Gasteiger partial charge is 0.190 e. The van der Waals surface area contributed by atoms with Crippen molar-refractivity contribution in [3.63, 3.8) is 0 Å². The van der Waals surface area contributed by atoms with Crippen LogP contribution in [-0.4, -0.2) is 37.0 Å². The fraction of sp³-hybridized carbons (Fsp3) is 0.385. The molecule has 0 aliphatic heterocycles. The molecule has 4 heterocycles. The molecule has 0 aliphatic carbocycles. The van der Waals surface area contributed by atoms with Crippen molar-refractivity contribution in [3.05, 3.63) is 89.8 Å². The van der Waals surface area contributed by atoms with Gasteiger partial charge in [0.2, 0.25) is 0 Å². The fourth-order valence-corrected chi connectivity index (χ4v) is 6.83. The standard InChI is InChI=1S/C19H22N2O2S.C16H16N2O2S.C3H7Br.CH4/c1-4-7-23-13-5-6-14-15(9-13)20-16(10-18(14)22)17-11-24-19(21-17)8-12(2)3;1-9(2)5-16-18-14(8-21-16)13-7-15(20)11-4-3-10(19)6-12(11)17-13;1-2-3-4;/h5-6,9-12H,4,7-8H2,1-3H3,(H,20,22);3-4,6-9,19H,5H2,1-2H3,(H,17,20);2-3H2,1H3;1H4. The highest BCUT2D eigenvalue weighted by Gasteiger charge is 2.11. The van der Waals surface area contributed by atoms with Crippen molar-refractivity contribution in [1.29, 1.82) is 0 Å². The van der Waals surface area contributed by atoms with Crippen LogP contribution in [0.4, 0.5) is 0 Å². The zero-order chi connectivity index (χ0) is 35.5. The highest BCUT2D eigenvalue weighted by Crippen LogP contribution is 2.26. The van der Waals surface area contributed by atoms with E-state index >= 15 is 0 Å². The van der Waals surface area contributed by atoms with Gasteiger partial charge in [0.15, 0.2) is 10.9 Å². The summed E-state index contributed by atoms with van der Waals surface area (Å²) in [5.41, 5.74) is 4.38. The van der Waals surface area contributed by atoms with Gasteiger partial charge >= 0.3 is 0 Å². The Morgan fingerprint density at radius 3 is 1.70 bits per heavy atom. The maximum Gasteiger partial charge on any atom is 0.190 e. The molecule has 268 valence electrons. The molecule has 8 nitrogen and oxygen atoms in total. The topological polar surface area (TPSA) is 121 Å². The van der Waals surface area contributed by atoms with Crippen molar-refractivity contribution in [1.82, 2.24) is 19.9 Å². The Bertz CT molecular complexity index is 2080. The lowest BCUT2D eigenvalue weighted by Gasteiger charge is -2.07. The summed E-state index contributed by atoms with van der Waals surface area (Å²) < 4.78 is 5.66. The van der Waals surface area contributed by atoms with E-state index in [9.17, 15) is 14.7 Å². The van der Waals surface area contributed by atoms with Crippen LogP contribution in [0.25, 0.3) is 44.6 Å². The number of nitrogens with one attached hydrogen (secondary N) is 2. The number of phenolic OH excluding ortho intramolecular Hbond substituents is 1. The zero-order valence-electron chi connectivity index (χ0n) is 28.9. The van der Waals surface area contributed by atoms with Gasteiger partial charge in [-0.1, -0.05) is 64.9 Å². The van der Waals surface area contributed by atoms with Crippen molar-refractivity contribution >= 4 is 60.4 Å². The summed E-state index contributed by atoms with van der Waals surface area (Å²) in [6.45, 7) is 13.5. The Morgan fingerprint density at radius 2 is 1.24 bits per heavy atom. The van der Waals surface area contributed by atoms with Gasteiger partial charge in [-0.2, -0.15) is 0 Å². The number of thiazole rings is 2. The lowest BCUT2D eigenvalue weighted by atomic mass is 10.1. The molecule has 0 spiro atoms. The number of rotatable bonds is 10. The lowest BCUT2D eigenvalue weighted by Crippen LogP contribution is -2.04. The van der Waals surface area contributed by atoms with Crippen LogP contribution < -0.4 is 15.6 Å². The number of halogens is 1. The first kappa shape index (κ1) is 40.6.